The lowest BCUT2D eigenvalue weighted by atomic mass is 10.0. The third-order valence-corrected chi connectivity index (χ3v) is 8.01. The Bertz CT molecular complexity index is 1510. The van der Waals surface area contributed by atoms with E-state index in [0.717, 1.165) is 58.5 Å². The summed E-state index contributed by atoms with van der Waals surface area (Å²) in [5, 5.41) is 5.74. The molecule has 3 heterocycles. The molecule has 1 aromatic heterocycles. The molecule has 3 aromatic carbocycles. The third kappa shape index (κ3) is 5.83. The van der Waals surface area contributed by atoms with E-state index < -0.39 is 0 Å². The van der Waals surface area contributed by atoms with Crippen LogP contribution in [0.3, 0.4) is 0 Å². The highest BCUT2D eigenvalue weighted by molar-refractivity contribution is 8.18. The van der Waals surface area contributed by atoms with Crippen molar-refractivity contribution in [2.75, 3.05) is 13.1 Å². The first-order chi connectivity index (χ1) is 19.1. The number of aliphatic imine (C=N–C) groups is 1. The first-order valence-corrected chi connectivity index (χ1v) is 14.1. The number of para-hydroxylation sites is 1. The monoisotopic (exact) mass is 534 g/mol. The van der Waals surface area contributed by atoms with E-state index in [2.05, 4.69) is 16.8 Å². The molecule has 39 heavy (non-hydrogen) atoms. The maximum absolute atomic E-state index is 12.9. The smallest absolute Gasteiger partial charge is 0.286 e. The number of carbonyl (C=O) groups excluding carboxylic acids is 1. The van der Waals surface area contributed by atoms with Crippen molar-refractivity contribution in [2.24, 2.45) is 10.9 Å². The first-order valence-electron chi connectivity index (χ1n) is 13.3. The third-order valence-electron chi connectivity index (χ3n) is 6.96. The summed E-state index contributed by atoms with van der Waals surface area (Å²) < 4.78 is 7.84. The van der Waals surface area contributed by atoms with Gasteiger partial charge < -0.3 is 9.64 Å². The van der Waals surface area contributed by atoms with Crippen LogP contribution in [0.2, 0.25) is 0 Å². The van der Waals surface area contributed by atoms with E-state index in [-0.39, 0.29) is 5.91 Å². The Hall–Kier alpha value is -4.10. The second-order valence-corrected chi connectivity index (χ2v) is 11.0. The van der Waals surface area contributed by atoms with Gasteiger partial charge in [-0.25, -0.2) is 4.68 Å². The molecule has 0 spiro atoms. The van der Waals surface area contributed by atoms with Crippen molar-refractivity contribution in [3.8, 4) is 22.7 Å². The summed E-state index contributed by atoms with van der Waals surface area (Å²) in [4.78, 5) is 20.2. The number of hydrogen-bond acceptors (Lipinski definition) is 5. The number of piperidine rings is 1. The van der Waals surface area contributed by atoms with E-state index in [4.69, 9.17) is 9.84 Å². The average molecular weight is 535 g/mol. The molecule has 1 unspecified atom stereocenters. The molecule has 1 amide bonds. The van der Waals surface area contributed by atoms with Gasteiger partial charge in [0.2, 0.25) is 0 Å². The second-order valence-electron chi connectivity index (χ2n) is 10.0. The predicted octanol–water partition coefficient (Wildman–Crippen LogP) is 6.82. The van der Waals surface area contributed by atoms with E-state index in [1.54, 1.807) is 0 Å². The van der Waals surface area contributed by atoms with Gasteiger partial charge >= 0.3 is 0 Å². The highest BCUT2D eigenvalue weighted by Crippen LogP contribution is 2.35. The zero-order chi connectivity index (χ0) is 26.6. The van der Waals surface area contributed by atoms with Crippen molar-refractivity contribution in [3.63, 3.8) is 0 Å². The molecular weight excluding hydrogens is 504 g/mol. The molecule has 0 saturated carbocycles. The van der Waals surface area contributed by atoms with Crippen LogP contribution >= 0.6 is 11.8 Å². The summed E-state index contributed by atoms with van der Waals surface area (Å²) in [6.07, 6.45) is 6.26. The molecule has 6 rings (SSSR count). The van der Waals surface area contributed by atoms with Crippen LogP contribution in [0.1, 0.15) is 30.9 Å². The van der Waals surface area contributed by atoms with Gasteiger partial charge in [0.05, 0.1) is 16.3 Å². The minimum atomic E-state index is -0.184. The topological polar surface area (TPSA) is 59.7 Å². The van der Waals surface area contributed by atoms with Crippen LogP contribution < -0.4 is 4.74 Å². The number of carbonyl (C=O) groups is 1. The van der Waals surface area contributed by atoms with Crippen molar-refractivity contribution in [1.29, 1.82) is 0 Å². The lowest BCUT2D eigenvalue weighted by molar-refractivity contribution is -0.113. The van der Waals surface area contributed by atoms with Gasteiger partial charge in [0.25, 0.3) is 5.91 Å². The quantitative estimate of drug-likeness (QED) is 0.254. The summed E-state index contributed by atoms with van der Waals surface area (Å²) in [7, 11) is 0. The number of aromatic nitrogens is 2. The van der Waals surface area contributed by atoms with Crippen LogP contribution in [-0.2, 0) is 11.4 Å². The van der Waals surface area contributed by atoms with Gasteiger partial charge in [-0.05, 0) is 78.6 Å². The maximum Gasteiger partial charge on any atom is 0.286 e. The highest BCUT2D eigenvalue weighted by atomic mass is 32.2. The van der Waals surface area contributed by atoms with Crippen LogP contribution in [-0.4, -0.2) is 38.8 Å². The van der Waals surface area contributed by atoms with Crippen LogP contribution in [0, 0.1) is 5.92 Å². The molecule has 1 atom stereocenters. The number of likely N-dealkylation sites (tertiary alicyclic amines) is 1. The maximum atomic E-state index is 12.9. The van der Waals surface area contributed by atoms with Crippen LogP contribution in [0.25, 0.3) is 23.0 Å². The zero-order valence-electron chi connectivity index (χ0n) is 21.9. The van der Waals surface area contributed by atoms with E-state index >= 15 is 0 Å². The summed E-state index contributed by atoms with van der Waals surface area (Å²) in [5.41, 5.74) is 4.70. The Kier molecular flexibility index (Phi) is 7.32. The fourth-order valence-electron chi connectivity index (χ4n) is 4.92. The van der Waals surface area contributed by atoms with Crippen molar-refractivity contribution >= 4 is 28.9 Å². The fraction of sp³-hybridized carbons (Fsp3) is 0.219. The lowest BCUT2D eigenvalue weighted by Crippen LogP contribution is -2.37. The number of hydrogen-bond donors (Lipinski definition) is 0. The van der Waals surface area contributed by atoms with Gasteiger partial charge in [-0.15, -0.1) is 0 Å². The van der Waals surface area contributed by atoms with E-state index in [9.17, 15) is 4.79 Å². The Morgan fingerprint density at radius 3 is 2.49 bits per heavy atom. The Morgan fingerprint density at radius 2 is 1.74 bits per heavy atom. The molecule has 2 aliphatic heterocycles. The number of amidine groups is 1. The van der Waals surface area contributed by atoms with Gasteiger partial charge in [0.1, 0.15) is 12.4 Å². The Labute approximate surface area is 233 Å². The van der Waals surface area contributed by atoms with E-state index in [1.807, 2.05) is 102 Å². The molecule has 1 saturated heterocycles. The normalized spacial score (nSPS) is 18.4. The Balaban J connectivity index is 1.27. The van der Waals surface area contributed by atoms with Gasteiger partial charge in [-0.3, -0.25) is 4.79 Å². The summed E-state index contributed by atoms with van der Waals surface area (Å²) >= 11 is 1.47. The molecule has 7 heteroatoms. The van der Waals surface area contributed by atoms with Crippen LogP contribution in [0.5, 0.6) is 5.75 Å². The molecule has 1 fully saturated rings. The molecule has 0 bridgehead atoms. The molecule has 0 N–H and O–H groups in total. The minimum absolute atomic E-state index is 0.184. The summed E-state index contributed by atoms with van der Waals surface area (Å²) in [6, 6.07) is 28.1. The fourth-order valence-corrected chi connectivity index (χ4v) is 5.86. The number of thioether (sulfide) groups is 1. The standard InChI is InChI=1S/C32H30N4O2S/c1-23-9-8-18-35(20-23)32-33-31(37)29(39-32)19-26-21-36(27-12-6-3-7-13-27)34-30(26)25-14-16-28(17-15-25)38-22-24-10-4-2-5-11-24/h2-7,10-17,19,21,23H,8-9,18,20,22H2,1H3/b29-19-. The van der Waals surface area contributed by atoms with Crippen molar-refractivity contribution in [2.45, 2.75) is 26.4 Å². The Morgan fingerprint density at radius 1 is 1.00 bits per heavy atom. The first kappa shape index (κ1) is 25.2. The largest absolute Gasteiger partial charge is 0.489 e. The molecule has 2 aliphatic rings. The molecular formula is C32H30N4O2S. The summed E-state index contributed by atoms with van der Waals surface area (Å²) in [5.74, 6) is 1.22. The van der Waals surface area contributed by atoms with Gasteiger partial charge in [0, 0.05) is 30.4 Å². The van der Waals surface area contributed by atoms with E-state index in [0.29, 0.717) is 17.4 Å². The van der Waals surface area contributed by atoms with Gasteiger partial charge in [-0.1, -0.05) is 55.5 Å². The van der Waals surface area contributed by atoms with Crippen LogP contribution in [0.4, 0.5) is 0 Å². The summed E-state index contributed by atoms with van der Waals surface area (Å²) in [6.45, 7) is 4.67. The van der Waals surface area contributed by atoms with Gasteiger partial charge in [-0.2, -0.15) is 10.1 Å². The SMILES string of the molecule is CC1CCCN(C2=NC(=O)/C(=C/c3cn(-c4ccccc4)nc3-c3ccc(OCc4ccccc4)cc3)S2)C1. The van der Waals surface area contributed by atoms with Crippen molar-refractivity contribution < 1.29 is 9.53 Å². The minimum Gasteiger partial charge on any atom is -0.489 e. The number of rotatable bonds is 6. The van der Waals surface area contributed by atoms with Gasteiger partial charge in [0.15, 0.2) is 5.17 Å². The molecule has 196 valence electrons. The second kappa shape index (κ2) is 11.3. The molecule has 4 aromatic rings. The van der Waals surface area contributed by atoms with Crippen molar-refractivity contribution in [1.82, 2.24) is 14.7 Å². The molecule has 6 nitrogen and oxygen atoms in total. The number of amides is 1. The molecule has 0 radical (unpaired) electrons. The highest BCUT2D eigenvalue weighted by Gasteiger charge is 2.29. The average Bonchev–Trinajstić information content (AvgIpc) is 3.57. The van der Waals surface area contributed by atoms with Crippen LogP contribution in [0.15, 0.2) is 101 Å². The van der Waals surface area contributed by atoms with Crippen molar-refractivity contribution in [3.05, 3.63) is 107 Å². The number of nitrogens with zero attached hydrogens (tertiary/aromatic N) is 4. The molecule has 0 aliphatic carbocycles. The predicted molar refractivity (Wildman–Crippen MR) is 158 cm³/mol. The van der Waals surface area contributed by atoms with E-state index in [1.165, 1.54) is 18.2 Å². The lowest BCUT2D eigenvalue weighted by Gasteiger charge is -2.31. The number of benzene rings is 3. The number of ether oxygens (including phenoxy) is 1. The zero-order valence-corrected chi connectivity index (χ0v) is 22.7.